The normalized spacial score (nSPS) is 13.8. The highest BCUT2D eigenvalue weighted by Gasteiger charge is 2.40. The van der Waals surface area contributed by atoms with Crippen molar-refractivity contribution in [2.45, 2.75) is 39.5 Å². The van der Waals surface area contributed by atoms with Crippen LogP contribution in [0, 0.1) is 0 Å². The molecule has 2 amide bonds. The van der Waals surface area contributed by atoms with Gasteiger partial charge in [-0.25, -0.2) is 4.79 Å². The summed E-state index contributed by atoms with van der Waals surface area (Å²) in [7, 11) is 0. The molecule has 1 aromatic carbocycles. The first kappa shape index (κ1) is 21.7. The molecule has 162 valence electrons. The van der Waals surface area contributed by atoms with Crippen LogP contribution in [0.1, 0.15) is 46.7 Å². The molecule has 1 aliphatic rings. The van der Waals surface area contributed by atoms with Crippen molar-refractivity contribution in [2.24, 2.45) is 0 Å². The number of carboxylic acid groups (broad SMARTS) is 1. The van der Waals surface area contributed by atoms with E-state index in [0.29, 0.717) is 24.2 Å². The Morgan fingerprint density at radius 2 is 1.80 bits per heavy atom. The Morgan fingerprint density at radius 3 is 2.33 bits per heavy atom. The summed E-state index contributed by atoms with van der Waals surface area (Å²) in [6.45, 7) is 4.83. The molecule has 0 radical (unpaired) electrons. The molecule has 7 nitrogen and oxygen atoms in total. The summed E-state index contributed by atoms with van der Waals surface area (Å²) in [5.41, 5.74) is 0.499. The molecule has 0 atom stereocenters. The maximum absolute atomic E-state index is 13.4. The average molecular weight is 424 g/mol. The summed E-state index contributed by atoms with van der Waals surface area (Å²) in [5, 5.41) is 13.0. The van der Waals surface area contributed by atoms with Crippen molar-refractivity contribution in [2.75, 3.05) is 19.6 Å². The van der Waals surface area contributed by atoms with Crippen molar-refractivity contribution in [1.29, 1.82) is 0 Å². The van der Waals surface area contributed by atoms with Crippen molar-refractivity contribution in [3.8, 4) is 0 Å². The zero-order chi connectivity index (χ0) is 22.1. The van der Waals surface area contributed by atoms with E-state index in [1.807, 2.05) is 13.8 Å². The maximum atomic E-state index is 13.4. The lowest BCUT2D eigenvalue weighted by atomic mass is 10.0. The Kier molecular flexibility index (Phi) is 6.04. The molecule has 0 saturated heterocycles. The van der Waals surface area contributed by atoms with Crippen LogP contribution in [-0.4, -0.2) is 56.3 Å². The molecule has 2 aromatic rings. The Bertz CT molecular complexity index is 934. The van der Waals surface area contributed by atoms with E-state index in [2.05, 4.69) is 5.10 Å². The van der Waals surface area contributed by atoms with Crippen LogP contribution in [0.15, 0.2) is 24.3 Å². The Morgan fingerprint density at radius 1 is 1.17 bits per heavy atom. The summed E-state index contributed by atoms with van der Waals surface area (Å²) < 4.78 is 41.5. The predicted octanol–water partition coefficient (Wildman–Crippen LogP) is 3.47. The molecule has 1 aliphatic heterocycles. The van der Waals surface area contributed by atoms with Gasteiger partial charge < -0.3 is 14.9 Å². The highest BCUT2D eigenvalue weighted by molar-refractivity contribution is 5.94. The summed E-state index contributed by atoms with van der Waals surface area (Å²) in [6, 6.07) is 6.63. The number of hydrogen-bond donors (Lipinski definition) is 1. The van der Waals surface area contributed by atoms with Crippen molar-refractivity contribution >= 4 is 12.0 Å². The summed E-state index contributed by atoms with van der Waals surface area (Å²) in [6.07, 6.45) is -5.82. The molecule has 0 unspecified atom stereocenters. The second-order valence-electron chi connectivity index (χ2n) is 7.06. The predicted molar refractivity (Wildman–Crippen MR) is 102 cm³/mol. The molecule has 2 heterocycles. The minimum Gasteiger partial charge on any atom is -0.465 e. The number of nitrogens with zero attached hydrogens (tertiary/aromatic N) is 4. The van der Waals surface area contributed by atoms with Crippen molar-refractivity contribution < 1.29 is 27.9 Å². The molecule has 0 saturated carbocycles. The number of alkyl halides is 3. The quantitative estimate of drug-likeness (QED) is 0.797. The van der Waals surface area contributed by atoms with Gasteiger partial charge in [-0.3, -0.25) is 9.48 Å². The Hall–Kier alpha value is -3.04. The van der Waals surface area contributed by atoms with Gasteiger partial charge >= 0.3 is 12.3 Å². The second kappa shape index (κ2) is 8.37. The third-order valence-electron chi connectivity index (χ3n) is 5.26. The lowest BCUT2D eigenvalue weighted by molar-refractivity contribution is -0.142. The standard InChI is InChI=1S/C20H23F3N4O3/c1-3-25(4-2)18(28)14-7-5-13(6-8-14)11-27-16-12-26(19(29)30)10-9-15(16)17(24-27)20(21,22)23/h5-8H,3-4,9-12H2,1-2H3,(H,29,30). The van der Waals surface area contributed by atoms with E-state index in [1.54, 1.807) is 29.2 Å². The highest BCUT2D eigenvalue weighted by atomic mass is 19.4. The summed E-state index contributed by atoms with van der Waals surface area (Å²) in [4.78, 5) is 26.4. The monoisotopic (exact) mass is 424 g/mol. The van der Waals surface area contributed by atoms with Crippen LogP contribution in [0.3, 0.4) is 0 Å². The maximum Gasteiger partial charge on any atom is 0.435 e. The number of amides is 2. The van der Waals surface area contributed by atoms with Gasteiger partial charge in [0.25, 0.3) is 5.91 Å². The van der Waals surface area contributed by atoms with Crippen molar-refractivity contribution in [1.82, 2.24) is 19.6 Å². The van der Waals surface area contributed by atoms with Crippen LogP contribution in [0.5, 0.6) is 0 Å². The molecule has 1 aromatic heterocycles. The lowest BCUT2D eigenvalue weighted by Crippen LogP contribution is -2.36. The van der Waals surface area contributed by atoms with Gasteiger partial charge in [0.15, 0.2) is 5.69 Å². The number of aromatic nitrogens is 2. The zero-order valence-electron chi connectivity index (χ0n) is 16.7. The minimum atomic E-state index is -4.61. The van der Waals surface area contributed by atoms with Gasteiger partial charge in [0.1, 0.15) is 0 Å². The number of benzene rings is 1. The first-order chi connectivity index (χ1) is 14.2. The fourth-order valence-corrected chi connectivity index (χ4v) is 3.62. The van der Waals surface area contributed by atoms with Gasteiger partial charge in [-0.05, 0) is 38.0 Å². The molecule has 0 bridgehead atoms. The van der Waals surface area contributed by atoms with Gasteiger partial charge in [0.2, 0.25) is 0 Å². The number of carbonyl (C=O) groups is 2. The van der Waals surface area contributed by atoms with E-state index in [-0.39, 0.29) is 43.2 Å². The number of halogens is 3. The number of hydrogen-bond acceptors (Lipinski definition) is 3. The molecule has 1 N–H and O–H groups in total. The van der Waals surface area contributed by atoms with Gasteiger partial charge in [-0.15, -0.1) is 0 Å². The van der Waals surface area contributed by atoms with Crippen molar-refractivity contribution in [3.63, 3.8) is 0 Å². The average Bonchev–Trinajstić information content (AvgIpc) is 3.07. The highest BCUT2D eigenvalue weighted by Crippen LogP contribution is 2.35. The first-order valence-electron chi connectivity index (χ1n) is 9.67. The first-order valence-corrected chi connectivity index (χ1v) is 9.67. The molecule has 30 heavy (non-hydrogen) atoms. The van der Waals surface area contributed by atoms with Crippen LogP contribution >= 0.6 is 0 Å². The van der Waals surface area contributed by atoms with Crippen molar-refractivity contribution in [3.05, 3.63) is 52.3 Å². The van der Waals surface area contributed by atoms with E-state index in [1.165, 1.54) is 4.68 Å². The summed E-state index contributed by atoms with van der Waals surface area (Å²) in [5.74, 6) is -0.112. The third-order valence-corrected chi connectivity index (χ3v) is 5.26. The number of rotatable bonds is 5. The van der Waals surface area contributed by atoms with E-state index in [0.717, 1.165) is 4.90 Å². The molecule has 3 rings (SSSR count). The smallest absolute Gasteiger partial charge is 0.435 e. The molecule has 0 aliphatic carbocycles. The molecular weight excluding hydrogens is 401 g/mol. The molecular formula is C20H23F3N4O3. The fourth-order valence-electron chi connectivity index (χ4n) is 3.62. The Labute approximate surface area is 171 Å². The summed E-state index contributed by atoms with van der Waals surface area (Å²) >= 11 is 0. The lowest BCUT2D eigenvalue weighted by Gasteiger charge is -2.25. The topological polar surface area (TPSA) is 78.7 Å². The minimum absolute atomic E-state index is 0.000722. The molecule has 10 heteroatoms. The fraction of sp³-hybridized carbons (Fsp3) is 0.450. The van der Waals surface area contributed by atoms with Crippen LogP contribution in [0.2, 0.25) is 0 Å². The second-order valence-corrected chi connectivity index (χ2v) is 7.06. The SMILES string of the molecule is CCN(CC)C(=O)c1ccc(Cn2nc(C(F)(F)F)c3c2CN(C(=O)O)CC3)cc1. The Balaban J connectivity index is 1.89. The van der Waals surface area contributed by atoms with Gasteiger partial charge in [-0.2, -0.15) is 18.3 Å². The number of fused-ring (bicyclic) bond motifs is 1. The van der Waals surface area contributed by atoms with E-state index in [4.69, 9.17) is 0 Å². The van der Waals surface area contributed by atoms with Gasteiger partial charge in [0.05, 0.1) is 18.8 Å². The van der Waals surface area contributed by atoms with E-state index >= 15 is 0 Å². The van der Waals surface area contributed by atoms with Gasteiger partial charge in [0, 0.05) is 30.8 Å². The molecule has 0 spiro atoms. The van der Waals surface area contributed by atoms with Crippen LogP contribution in [0.4, 0.5) is 18.0 Å². The van der Waals surface area contributed by atoms with Crippen LogP contribution < -0.4 is 0 Å². The van der Waals surface area contributed by atoms with E-state index in [9.17, 15) is 27.9 Å². The zero-order valence-corrected chi connectivity index (χ0v) is 16.7. The number of carbonyl (C=O) groups excluding carboxylic acids is 1. The van der Waals surface area contributed by atoms with E-state index < -0.39 is 18.0 Å². The third kappa shape index (κ3) is 4.27. The largest absolute Gasteiger partial charge is 0.465 e. The van der Waals surface area contributed by atoms with Crippen LogP contribution in [-0.2, 0) is 25.7 Å². The molecule has 0 fully saturated rings. The van der Waals surface area contributed by atoms with Crippen LogP contribution in [0.25, 0.3) is 0 Å². The van der Waals surface area contributed by atoms with Gasteiger partial charge in [-0.1, -0.05) is 12.1 Å².